The molecule has 0 bridgehead atoms. The third-order valence-electron chi connectivity index (χ3n) is 3.73. The van der Waals surface area contributed by atoms with Crippen LogP contribution in [0.5, 0.6) is 5.75 Å². The topological polar surface area (TPSA) is 69.6 Å². The summed E-state index contributed by atoms with van der Waals surface area (Å²) in [4.78, 5) is 25.1. The molecule has 1 aromatic carbocycles. The quantitative estimate of drug-likeness (QED) is 0.873. The molecule has 1 saturated heterocycles. The fraction of sp³-hybridized carbons (Fsp3) is 0.467. The van der Waals surface area contributed by atoms with Gasteiger partial charge in [-0.1, -0.05) is 0 Å². The molecule has 0 saturated carbocycles. The summed E-state index contributed by atoms with van der Waals surface area (Å²) in [6, 6.07) is 4.86. The average Bonchev–Trinajstić information content (AvgIpc) is 2.48. The molecule has 2 amide bonds. The number of benzene rings is 1. The number of halogens is 1. The Morgan fingerprint density at radius 3 is 2.62 bits per heavy atom. The lowest BCUT2D eigenvalue weighted by Gasteiger charge is -2.32. The molecule has 1 heterocycles. The summed E-state index contributed by atoms with van der Waals surface area (Å²) < 4.78 is 0.577. The van der Waals surface area contributed by atoms with Gasteiger partial charge in [-0.2, -0.15) is 0 Å². The van der Waals surface area contributed by atoms with E-state index in [0.717, 1.165) is 12.8 Å². The first kappa shape index (κ1) is 15.8. The highest BCUT2D eigenvalue weighted by molar-refractivity contribution is 9.10. The first-order valence-corrected chi connectivity index (χ1v) is 7.79. The fourth-order valence-corrected chi connectivity index (χ4v) is 2.70. The second-order valence-electron chi connectivity index (χ2n) is 5.34. The molecule has 0 radical (unpaired) electrons. The molecule has 1 aliphatic rings. The van der Waals surface area contributed by atoms with Crippen LogP contribution in [0.1, 0.15) is 30.1 Å². The van der Waals surface area contributed by atoms with E-state index in [1.807, 2.05) is 0 Å². The van der Waals surface area contributed by atoms with E-state index in [-0.39, 0.29) is 17.6 Å². The van der Waals surface area contributed by atoms with Gasteiger partial charge in [0.2, 0.25) is 5.91 Å². The summed E-state index contributed by atoms with van der Waals surface area (Å²) in [5.74, 6) is 0.423. The minimum atomic E-state index is -0.0595. The van der Waals surface area contributed by atoms with E-state index in [1.54, 1.807) is 17.0 Å². The van der Waals surface area contributed by atoms with Crippen molar-refractivity contribution in [3.05, 3.63) is 28.2 Å². The molecule has 5 nitrogen and oxygen atoms in total. The van der Waals surface area contributed by atoms with Crippen LogP contribution in [-0.2, 0) is 4.79 Å². The van der Waals surface area contributed by atoms with Crippen molar-refractivity contribution >= 4 is 27.7 Å². The van der Waals surface area contributed by atoms with Gasteiger partial charge in [0.05, 0.1) is 4.47 Å². The number of amides is 2. The van der Waals surface area contributed by atoms with Gasteiger partial charge in [-0.15, -0.1) is 0 Å². The summed E-state index contributed by atoms with van der Waals surface area (Å²) in [7, 11) is 0. The Morgan fingerprint density at radius 1 is 1.38 bits per heavy atom. The number of hydrogen-bond donors (Lipinski definition) is 2. The van der Waals surface area contributed by atoms with Crippen molar-refractivity contribution in [1.82, 2.24) is 10.2 Å². The maximum atomic E-state index is 12.4. The number of hydrogen-bond acceptors (Lipinski definition) is 3. The number of phenolic OH excluding ortho intramolecular Hbond substituents is 1. The summed E-state index contributed by atoms with van der Waals surface area (Å²) in [6.07, 6.45) is 1.77. The Morgan fingerprint density at radius 2 is 2.05 bits per heavy atom. The Balaban J connectivity index is 1.90. The minimum Gasteiger partial charge on any atom is -0.507 e. The van der Waals surface area contributed by atoms with E-state index in [4.69, 9.17) is 0 Å². The van der Waals surface area contributed by atoms with E-state index in [9.17, 15) is 14.7 Å². The number of likely N-dealkylation sites (tertiary alicyclic amines) is 1. The normalized spacial score (nSPS) is 15.8. The summed E-state index contributed by atoms with van der Waals surface area (Å²) in [5.41, 5.74) is 0.496. The number of rotatable bonds is 3. The van der Waals surface area contributed by atoms with Crippen molar-refractivity contribution in [1.29, 1.82) is 0 Å². The van der Waals surface area contributed by atoms with Gasteiger partial charge in [0.1, 0.15) is 5.75 Å². The molecule has 0 atom stereocenters. The highest BCUT2D eigenvalue weighted by Crippen LogP contribution is 2.26. The van der Waals surface area contributed by atoms with E-state index >= 15 is 0 Å². The first-order chi connectivity index (χ1) is 9.97. The SMILES string of the molecule is CC(=O)NCC1CCN(C(=O)c2ccc(Br)c(O)c2)CC1. The smallest absolute Gasteiger partial charge is 0.253 e. The zero-order chi connectivity index (χ0) is 15.4. The lowest BCUT2D eigenvalue weighted by molar-refractivity contribution is -0.119. The second-order valence-corrected chi connectivity index (χ2v) is 6.19. The monoisotopic (exact) mass is 354 g/mol. The zero-order valence-corrected chi connectivity index (χ0v) is 13.5. The predicted octanol–water partition coefficient (Wildman–Crippen LogP) is 2.14. The number of phenols is 1. The van der Waals surface area contributed by atoms with Gasteiger partial charge in [-0.05, 0) is 52.9 Å². The summed E-state index contributed by atoms with van der Waals surface area (Å²) >= 11 is 3.20. The highest BCUT2D eigenvalue weighted by Gasteiger charge is 2.24. The molecule has 1 aliphatic heterocycles. The third kappa shape index (κ3) is 4.20. The van der Waals surface area contributed by atoms with Crippen LogP contribution in [0.15, 0.2) is 22.7 Å². The molecule has 21 heavy (non-hydrogen) atoms. The van der Waals surface area contributed by atoms with Crippen molar-refractivity contribution in [3.63, 3.8) is 0 Å². The molecule has 0 aliphatic carbocycles. The molecule has 0 unspecified atom stereocenters. The van der Waals surface area contributed by atoms with E-state index in [1.165, 1.54) is 13.0 Å². The number of nitrogens with one attached hydrogen (secondary N) is 1. The minimum absolute atomic E-state index is 0.0150. The summed E-state index contributed by atoms with van der Waals surface area (Å²) in [6.45, 7) is 3.55. The van der Waals surface area contributed by atoms with Crippen molar-refractivity contribution in [2.75, 3.05) is 19.6 Å². The van der Waals surface area contributed by atoms with Crippen LogP contribution in [0.3, 0.4) is 0 Å². The second kappa shape index (κ2) is 6.93. The number of aromatic hydroxyl groups is 1. The standard InChI is InChI=1S/C15H19BrN2O3/c1-10(19)17-9-11-4-6-18(7-5-11)15(21)12-2-3-13(16)14(20)8-12/h2-3,8,11,20H,4-7,9H2,1H3,(H,17,19). The van der Waals surface area contributed by atoms with Crippen molar-refractivity contribution in [2.45, 2.75) is 19.8 Å². The van der Waals surface area contributed by atoms with Gasteiger partial charge in [-0.25, -0.2) is 0 Å². The van der Waals surface area contributed by atoms with Crippen LogP contribution in [-0.4, -0.2) is 41.5 Å². The van der Waals surface area contributed by atoms with Crippen LogP contribution < -0.4 is 5.32 Å². The molecule has 0 spiro atoms. The number of carbonyl (C=O) groups excluding carboxylic acids is 2. The highest BCUT2D eigenvalue weighted by atomic mass is 79.9. The van der Waals surface area contributed by atoms with Gasteiger partial charge in [0.25, 0.3) is 5.91 Å². The molecular formula is C15H19BrN2O3. The largest absolute Gasteiger partial charge is 0.507 e. The van der Waals surface area contributed by atoms with Gasteiger partial charge in [0.15, 0.2) is 0 Å². The third-order valence-corrected chi connectivity index (χ3v) is 4.41. The Hall–Kier alpha value is -1.56. The van der Waals surface area contributed by atoms with Gasteiger partial charge in [0, 0.05) is 32.1 Å². The molecule has 2 N–H and O–H groups in total. The molecule has 1 aromatic rings. The lowest BCUT2D eigenvalue weighted by atomic mass is 9.96. The van der Waals surface area contributed by atoms with Crippen LogP contribution in [0, 0.1) is 5.92 Å². The fourth-order valence-electron chi connectivity index (χ4n) is 2.46. The van der Waals surface area contributed by atoms with Gasteiger partial charge >= 0.3 is 0 Å². The van der Waals surface area contributed by atoms with E-state index in [2.05, 4.69) is 21.2 Å². The molecule has 0 aromatic heterocycles. The molecule has 6 heteroatoms. The van der Waals surface area contributed by atoms with Crippen molar-refractivity contribution < 1.29 is 14.7 Å². The molecule has 114 valence electrons. The van der Waals surface area contributed by atoms with Gasteiger partial charge < -0.3 is 15.3 Å². The van der Waals surface area contributed by atoms with Crippen LogP contribution in [0.2, 0.25) is 0 Å². The maximum absolute atomic E-state index is 12.4. The Kier molecular flexibility index (Phi) is 5.22. The Labute approximate surface area is 132 Å². The Bertz CT molecular complexity index is 540. The predicted molar refractivity (Wildman–Crippen MR) is 83.1 cm³/mol. The van der Waals surface area contributed by atoms with Crippen LogP contribution in [0.4, 0.5) is 0 Å². The zero-order valence-electron chi connectivity index (χ0n) is 11.9. The summed E-state index contributed by atoms with van der Waals surface area (Å²) in [5, 5.41) is 12.5. The molecule has 2 rings (SSSR count). The van der Waals surface area contributed by atoms with Crippen LogP contribution in [0.25, 0.3) is 0 Å². The first-order valence-electron chi connectivity index (χ1n) is 6.99. The van der Waals surface area contributed by atoms with Crippen LogP contribution >= 0.6 is 15.9 Å². The van der Waals surface area contributed by atoms with Crippen molar-refractivity contribution in [2.24, 2.45) is 5.92 Å². The molecular weight excluding hydrogens is 336 g/mol. The number of piperidine rings is 1. The van der Waals surface area contributed by atoms with E-state index < -0.39 is 0 Å². The van der Waals surface area contributed by atoms with Crippen molar-refractivity contribution in [3.8, 4) is 5.75 Å². The molecule has 1 fully saturated rings. The number of nitrogens with zero attached hydrogens (tertiary/aromatic N) is 1. The maximum Gasteiger partial charge on any atom is 0.253 e. The number of carbonyl (C=O) groups is 2. The lowest BCUT2D eigenvalue weighted by Crippen LogP contribution is -2.41. The van der Waals surface area contributed by atoms with Gasteiger partial charge in [-0.3, -0.25) is 9.59 Å². The van der Waals surface area contributed by atoms with E-state index in [0.29, 0.717) is 35.6 Å². The average molecular weight is 355 g/mol.